The fraction of sp³-hybridized carbons (Fsp3) is 0.583. The number of alkyl halides is 12. The molecular weight excluding hydrogens is 922 g/mol. The first-order valence-electron chi connectivity index (χ1n) is 21.5. The van der Waals surface area contributed by atoms with Crippen molar-refractivity contribution < 1.29 is 69.8 Å². The van der Waals surface area contributed by atoms with Crippen molar-refractivity contribution in [3.63, 3.8) is 0 Å². The zero-order valence-corrected chi connectivity index (χ0v) is 39.1. The Bertz CT molecular complexity index is 1690. The monoisotopic (exact) mass is 982 g/mol. The minimum Gasteiger partial charge on any atom is -0.358 e. The second-order valence-corrected chi connectivity index (χ2v) is 22.5. The first-order chi connectivity index (χ1) is 28.2. The Hall–Kier alpha value is -1.80. The summed E-state index contributed by atoms with van der Waals surface area (Å²) in [6.07, 6.45) is -0.463. The van der Waals surface area contributed by atoms with E-state index >= 15 is 0 Å². The zero-order chi connectivity index (χ0) is 43.5. The van der Waals surface area contributed by atoms with Crippen molar-refractivity contribution in [1.82, 2.24) is 0 Å². The van der Waals surface area contributed by atoms with E-state index in [0.29, 0.717) is 54.8 Å². The number of hydrogen-bond donors (Lipinski definition) is 0. The van der Waals surface area contributed by atoms with Crippen molar-refractivity contribution in [3.05, 3.63) is 103 Å². The van der Waals surface area contributed by atoms with Crippen LogP contribution in [0.1, 0.15) is 156 Å². The van der Waals surface area contributed by atoms with Crippen LogP contribution in [0.3, 0.4) is 0 Å². The Labute approximate surface area is 379 Å². The summed E-state index contributed by atoms with van der Waals surface area (Å²) in [5.74, 6) is -0.663. The van der Waals surface area contributed by atoms with E-state index < -0.39 is 85.0 Å². The summed E-state index contributed by atoms with van der Waals surface area (Å²) in [5.41, 5.74) is -5.47. The van der Waals surface area contributed by atoms with Gasteiger partial charge in [-0.3, -0.25) is 0 Å². The molecule has 0 spiro atoms. The summed E-state index contributed by atoms with van der Waals surface area (Å²) < 4.78 is 170. The maximum Gasteiger partial charge on any atom is 2.00 e. The second-order valence-electron chi connectivity index (χ2n) is 17.2. The summed E-state index contributed by atoms with van der Waals surface area (Å²) in [7, 11) is -3.27. The molecule has 15 heteroatoms. The molecule has 0 aromatic heterocycles. The molecule has 7 rings (SSSR count). The van der Waals surface area contributed by atoms with Crippen LogP contribution in [0.4, 0.5) is 52.7 Å². The van der Waals surface area contributed by atoms with Crippen molar-refractivity contribution >= 4 is 31.8 Å². The summed E-state index contributed by atoms with van der Waals surface area (Å²) in [5, 5.41) is 0.118. The van der Waals surface area contributed by atoms with Gasteiger partial charge in [-0.2, -0.15) is 52.7 Å². The van der Waals surface area contributed by atoms with E-state index in [2.05, 4.69) is 6.07 Å². The Morgan fingerprint density at radius 2 is 0.810 bits per heavy atom. The fourth-order valence-electron chi connectivity index (χ4n) is 10.2. The third-order valence-electron chi connectivity index (χ3n) is 13.1. The van der Waals surface area contributed by atoms with Gasteiger partial charge in [0.25, 0.3) is 0 Å². The van der Waals surface area contributed by atoms with Crippen LogP contribution in [0.5, 0.6) is 0 Å². The quantitative estimate of drug-likeness (QED) is 0.0913. The minimum atomic E-state index is -5.27. The molecule has 0 N–H and O–H groups in total. The molecule has 354 valence electrons. The van der Waals surface area contributed by atoms with Crippen molar-refractivity contribution in [1.29, 1.82) is 0 Å². The molecule has 0 aliphatic heterocycles. The van der Waals surface area contributed by atoms with Crippen LogP contribution in [-0.2, 0) is 41.8 Å². The van der Waals surface area contributed by atoms with Crippen molar-refractivity contribution in [2.45, 2.75) is 170 Å². The van der Waals surface area contributed by atoms with Gasteiger partial charge in [0, 0.05) is 0 Å². The predicted molar refractivity (Wildman–Crippen MR) is 231 cm³/mol. The van der Waals surface area contributed by atoms with Gasteiger partial charge in [-0.15, -0.1) is 0 Å². The summed E-state index contributed by atoms with van der Waals surface area (Å²) >= 11 is 0. The van der Waals surface area contributed by atoms with E-state index in [-0.39, 0.29) is 50.0 Å². The predicted octanol–water partition coefficient (Wildman–Crippen LogP) is 16.8. The van der Waals surface area contributed by atoms with E-state index in [4.69, 9.17) is 0 Å². The molecule has 4 aliphatic carbocycles. The van der Waals surface area contributed by atoms with Crippen molar-refractivity contribution in [3.8, 4) is 0 Å². The minimum absolute atomic E-state index is 0. The maximum absolute atomic E-state index is 14.2. The van der Waals surface area contributed by atoms with Gasteiger partial charge in [-0.1, -0.05) is 116 Å². The van der Waals surface area contributed by atoms with Crippen molar-refractivity contribution in [2.24, 2.45) is 5.92 Å². The van der Waals surface area contributed by atoms with Crippen LogP contribution in [0.2, 0.25) is 0 Å². The van der Waals surface area contributed by atoms with E-state index in [0.717, 1.165) is 56.9 Å². The van der Waals surface area contributed by atoms with Gasteiger partial charge in [0.15, 0.2) is 0 Å². The van der Waals surface area contributed by atoms with Crippen LogP contribution >= 0.6 is 15.8 Å². The van der Waals surface area contributed by atoms with Crippen LogP contribution in [0.15, 0.2) is 60.7 Å². The zero-order valence-electron chi connectivity index (χ0n) is 36.2. The molecular formula is C48H60F12FeP2. The molecule has 0 amide bonds. The van der Waals surface area contributed by atoms with E-state index in [9.17, 15) is 52.7 Å². The molecule has 4 aliphatic rings. The van der Waals surface area contributed by atoms with Crippen LogP contribution in [0, 0.1) is 20.8 Å². The standard InChI is InChI=1S/C41H44F12P2.C5H10.2CH3.Fe/c1-25(34-16-10-17-35(34)36-15-8-9-18-37(36)55(30-11-4-2-5-12-30)31-13-6-3-7-14-31)54(32-21-26(38(42,43)44)19-27(22-32)39(45,46)47)33-23-28(40(48,49)50)20-29(24-33)41(51,52)53;1-2-4-5-3-1;;;/h8-9,15,18-25,30-31,34-35H,2-7,10-14,16-17H2,1H3;1-5H2;2*1H3;/q;;2*-1;+2/t25-,34?,35?;;;;/m1..../s1. The molecule has 3 aromatic rings. The second kappa shape index (κ2) is 23.3. The molecule has 0 nitrogen and oxygen atoms in total. The number of rotatable bonds is 8. The molecule has 0 heterocycles. The van der Waals surface area contributed by atoms with Gasteiger partial charge in [-0.25, -0.2) is 0 Å². The normalized spacial score (nSPS) is 20.9. The Kier molecular flexibility index (Phi) is 20.5. The Morgan fingerprint density at radius 1 is 0.460 bits per heavy atom. The van der Waals surface area contributed by atoms with Gasteiger partial charge < -0.3 is 14.9 Å². The number of benzene rings is 3. The Morgan fingerprint density at radius 3 is 1.17 bits per heavy atom. The molecule has 0 saturated heterocycles. The average molecular weight is 983 g/mol. The van der Waals surface area contributed by atoms with Gasteiger partial charge in [-0.05, 0) is 133 Å². The van der Waals surface area contributed by atoms with Crippen LogP contribution < -0.4 is 15.9 Å². The van der Waals surface area contributed by atoms with Crippen LogP contribution in [0.25, 0.3) is 0 Å². The molecule has 0 radical (unpaired) electrons. The van der Waals surface area contributed by atoms with Gasteiger partial charge in [0.1, 0.15) is 0 Å². The molecule has 4 saturated carbocycles. The average Bonchev–Trinajstić information content (AvgIpc) is 3.95. The third-order valence-corrected chi connectivity index (χ3v) is 19.5. The summed E-state index contributed by atoms with van der Waals surface area (Å²) in [6, 6.07) is 9.92. The first-order valence-corrected chi connectivity index (χ1v) is 24.4. The number of halogens is 12. The van der Waals surface area contributed by atoms with E-state index in [1.807, 2.05) is 18.2 Å². The smallest absolute Gasteiger partial charge is 0.358 e. The molecule has 0 bridgehead atoms. The third kappa shape index (κ3) is 14.1. The summed E-state index contributed by atoms with van der Waals surface area (Å²) in [6.45, 7) is 1.59. The Balaban J connectivity index is 0.00000123. The molecule has 63 heavy (non-hydrogen) atoms. The molecule has 2 unspecified atom stereocenters. The largest absolute Gasteiger partial charge is 2.00 e. The van der Waals surface area contributed by atoms with Gasteiger partial charge in [0.05, 0.1) is 22.3 Å². The number of hydrogen-bond acceptors (Lipinski definition) is 0. The van der Waals surface area contributed by atoms with Crippen LogP contribution in [-0.4, -0.2) is 17.0 Å². The summed E-state index contributed by atoms with van der Waals surface area (Å²) in [4.78, 5) is 0. The van der Waals surface area contributed by atoms with Gasteiger partial charge in [0.2, 0.25) is 0 Å². The first kappa shape index (κ1) is 55.5. The van der Waals surface area contributed by atoms with Gasteiger partial charge >= 0.3 is 41.8 Å². The molecule has 4 fully saturated rings. The SMILES string of the molecule is C1CCCC1.C[C@H](C1CCCC1c1ccccc1P(C1CCCCC1)C1CCCCC1)P(c1cc(C(F)(F)F)cc(C(F)(F)F)c1)c1cc(C(F)(F)F)cc(C(F)(F)F)c1.[CH3-].[CH3-].[Fe+2]. The molecule has 3 atom stereocenters. The van der Waals surface area contributed by atoms with Crippen molar-refractivity contribution in [2.75, 3.05) is 0 Å². The topological polar surface area (TPSA) is 0 Å². The fourth-order valence-corrected chi connectivity index (χ4v) is 17.4. The molecule has 3 aromatic carbocycles. The van der Waals surface area contributed by atoms with E-state index in [1.165, 1.54) is 50.3 Å². The maximum atomic E-state index is 14.2. The van der Waals surface area contributed by atoms with E-state index in [1.54, 1.807) is 6.92 Å².